The third-order valence-corrected chi connectivity index (χ3v) is 9.94. The molecule has 3 aliphatic rings. The van der Waals surface area contributed by atoms with Crippen LogP contribution in [-0.2, 0) is 22.0 Å². The minimum absolute atomic E-state index is 0.0176. The van der Waals surface area contributed by atoms with Gasteiger partial charge in [0.1, 0.15) is 29.5 Å². The van der Waals surface area contributed by atoms with Gasteiger partial charge in [0.2, 0.25) is 5.90 Å². The summed E-state index contributed by atoms with van der Waals surface area (Å²) in [6.45, 7) is 17.6. The van der Waals surface area contributed by atoms with Crippen LogP contribution in [0.4, 0.5) is 17.2 Å². The molecule has 2 aliphatic heterocycles. The van der Waals surface area contributed by atoms with Gasteiger partial charge in [-0.05, 0) is 101 Å². The van der Waals surface area contributed by atoms with Crippen LogP contribution < -0.4 is 14.4 Å². The van der Waals surface area contributed by atoms with Crippen LogP contribution in [-0.4, -0.2) is 17.0 Å². The second kappa shape index (κ2) is 11.2. The molecule has 49 heavy (non-hydrogen) atoms. The Labute approximate surface area is 289 Å². The molecular formula is C43H43N3O3. The maximum atomic E-state index is 6.66. The van der Waals surface area contributed by atoms with Gasteiger partial charge in [-0.3, -0.25) is 4.90 Å². The van der Waals surface area contributed by atoms with Crippen LogP contribution >= 0.6 is 0 Å². The maximum Gasteiger partial charge on any atom is 0.217 e. The molecule has 0 fully saturated rings. The van der Waals surface area contributed by atoms with Gasteiger partial charge in [0.15, 0.2) is 11.5 Å². The lowest BCUT2D eigenvalue weighted by Crippen LogP contribution is -2.18. The lowest BCUT2D eigenvalue weighted by Gasteiger charge is -2.33. The number of hydrogen-bond donors (Lipinski definition) is 0. The van der Waals surface area contributed by atoms with Gasteiger partial charge in [0.05, 0.1) is 11.4 Å². The number of hydrogen-bond acceptors (Lipinski definition) is 6. The maximum absolute atomic E-state index is 6.66. The molecule has 0 N–H and O–H groups in total. The van der Waals surface area contributed by atoms with Crippen LogP contribution in [0.1, 0.15) is 86.5 Å². The highest BCUT2D eigenvalue weighted by molar-refractivity contribution is 5.97. The topological polar surface area (TPSA) is 56.2 Å². The van der Waals surface area contributed by atoms with Crippen LogP contribution in [0.25, 0.3) is 0 Å². The summed E-state index contributed by atoms with van der Waals surface area (Å²) >= 11 is 0. The van der Waals surface area contributed by atoms with Crippen LogP contribution in [0.5, 0.6) is 23.0 Å². The molecule has 0 bridgehead atoms. The monoisotopic (exact) mass is 649 g/mol. The number of anilines is 3. The number of aromatic nitrogens is 1. The average molecular weight is 650 g/mol. The van der Waals surface area contributed by atoms with Crippen molar-refractivity contribution in [2.45, 2.75) is 84.8 Å². The minimum atomic E-state index is -0.0247. The SMILES string of the molecule is Cc1cc(C)c(C2=N[C@@H]3c4ccc(C(C)(C)C)cc4C[C@@H]3O2)cc1Oc1ccc2c(c1)N(c1cc(C(C)(C)C)ccn1)c1ccccc1O2. The Hall–Kier alpha value is -5.10. The van der Waals surface area contributed by atoms with E-state index in [2.05, 4.69) is 109 Å². The molecule has 1 aliphatic carbocycles. The van der Waals surface area contributed by atoms with E-state index in [1.165, 1.54) is 22.3 Å². The summed E-state index contributed by atoms with van der Waals surface area (Å²) in [6.07, 6.45) is 2.77. The lowest BCUT2D eigenvalue weighted by molar-refractivity contribution is 0.206. The van der Waals surface area contributed by atoms with Crippen molar-refractivity contribution in [3.05, 3.63) is 130 Å². The summed E-state index contributed by atoms with van der Waals surface area (Å²) in [6, 6.07) is 29.4. The second-order valence-corrected chi connectivity index (χ2v) is 15.6. The molecule has 6 heteroatoms. The van der Waals surface area contributed by atoms with Crippen LogP contribution in [0.2, 0.25) is 0 Å². The summed E-state index contributed by atoms with van der Waals surface area (Å²) in [5.74, 6) is 4.50. The van der Waals surface area contributed by atoms with E-state index in [-0.39, 0.29) is 23.0 Å². The van der Waals surface area contributed by atoms with Crippen molar-refractivity contribution < 1.29 is 14.2 Å². The molecule has 0 unspecified atom stereocenters. The average Bonchev–Trinajstić information content (AvgIpc) is 3.62. The highest BCUT2D eigenvalue weighted by Crippen LogP contribution is 2.51. The number of ether oxygens (including phenoxy) is 3. The van der Waals surface area contributed by atoms with Crippen LogP contribution in [0.15, 0.2) is 96.1 Å². The summed E-state index contributed by atoms with van der Waals surface area (Å²) in [5.41, 5.74) is 10.2. The summed E-state index contributed by atoms with van der Waals surface area (Å²) in [5, 5.41) is 0. The summed E-state index contributed by atoms with van der Waals surface area (Å²) < 4.78 is 19.6. The highest BCUT2D eigenvalue weighted by Gasteiger charge is 2.40. The van der Waals surface area contributed by atoms with E-state index in [4.69, 9.17) is 24.2 Å². The van der Waals surface area contributed by atoms with E-state index < -0.39 is 0 Å². The fourth-order valence-corrected chi connectivity index (χ4v) is 7.11. The van der Waals surface area contributed by atoms with Gasteiger partial charge in [-0.15, -0.1) is 0 Å². The molecule has 8 rings (SSSR count). The van der Waals surface area contributed by atoms with Crippen molar-refractivity contribution in [3.8, 4) is 23.0 Å². The van der Waals surface area contributed by atoms with Gasteiger partial charge in [-0.2, -0.15) is 0 Å². The van der Waals surface area contributed by atoms with Crippen molar-refractivity contribution in [3.63, 3.8) is 0 Å². The van der Waals surface area contributed by atoms with Crippen LogP contribution in [0, 0.1) is 13.8 Å². The first-order chi connectivity index (χ1) is 23.3. The Kier molecular flexibility index (Phi) is 7.15. The van der Waals surface area contributed by atoms with E-state index >= 15 is 0 Å². The van der Waals surface area contributed by atoms with Crippen molar-refractivity contribution in [1.82, 2.24) is 4.98 Å². The molecule has 1 aromatic heterocycles. The third-order valence-electron chi connectivity index (χ3n) is 9.94. The number of fused-ring (bicyclic) bond motifs is 5. The molecule has 0 saturated carbocycles. The van der Waals surface area contributed by atoms with Gasteiger partial charge >= 0.3 is 0 Å². The van der Waals surface area contributed by atoms with Gasteiger partial charge < -0.3 is 14.2 Å². The van der Waals surface area contributed by atoms with E-state index in [1.807, 2.05) is 42.6 Å². The Morgan fingerprint density at radius 1 is 0.755 bits per heavy atom. The van der Waals surface area contributed by atoms with Gasteiger partial charge in [0.25, 0.3) is 0 Å². The standard InChI is InChI=1S/C43H43N3O3/c1-25-19-26(2)37(24-32(25)41-45-40-31-15-13-28(42(3,4)5)20-27(31)21-38(40)49-41)47-30-14-16-36-34(23-30)46(33-11-9-10-12-35(33)48-36)39-22-29(17-18-44-39)43(6,7)8/h9-20,22-24,38,40H,21H2,1-8H3/t38-,40+/m0/s1. The van der Waals surface area contributed by atoms with Crippen molar-refractivity contribution in [2.75, 3.05) is 4.90 Å². The fourth-order valence-electron chi connectivity index (χ4n) is 7.11. The molecule has 2 atom stereocenters. The smallest absolute Gasteiger partial charge is 0.217 e. The van der Waals surface area contributed by atoms with Gasteiger partial charge in [-0.1, -0.05) is 77.9 Å². The molecule has 248 valence electrons. The molecule has 0 saturated heterocycles. The number of nitrogens with zero attached hydrogens (tertiary/aromatic N) is 3. The molecule has 0 radical (unpaired) electrons. The zero-order valence-corrected chi connectivity index (χ0v) is 29.6. The third kappa shape index (κ3) is 5.53. The molecular weight excluding hydrogens is 606 g/mol. The zero-order valence-electron chi connectivity index (χ0n) is 29.6. The largest absolute Gasteiger partial charge is 0.471 e. The van der Waals surface area contributed by atoms with Crippen molar-refractivity contribution in [1.29, 1.82) is 0 Å². The molecule has 0 spiro atoms. The van der Waals surface area contributed by atoms with Gasteiger partial charge in [-0.25, -0.2) is 9.98 Å². The fraction of sp³-hybridized carbons (Fsp3) is 0.302. The lowest BCUT2D eigenvalue weighted by atomic mass is 9.85. The predicted octanol–water partition coefficient (Wildman–Crippen LogP) is 11.1. The molecule has 3 heterocycles. The number of aliphatic imine (C=N–C) groups is 1. The zero-order chi connectivity index (χ0) is 34.2. The minimum Gasteiger partial charge on any atom is -0.471 e. The van der Waals surface area contributed by atoms with E-state index in [1.54, 1.807) is 0 Å². The molecule has 0 amide bonds. The quantitative estimate of drug-likeness (QED) is 0.190. The van der Waals surface area contributed by atoms with E-state index in [9.17, 15) is 0 Å². The normalized spacial score (nSPS) is 17.7. The number of pyridine rings is 1. The molecule has 4 aromatic carbocycles. The van der Waals surface area contributed by atoms with Crippen LogP contribution in [0.3, 0.4) is 0 Å². The number of rotatable bonds is 4. The second-order valence-electron chi connectivity index (χ2n) is 15.6. The summed E-state index contributed by atoms with van der Waals surface area (Å²) in [7, 11) is 0. The van der Waals surface area contributed by atoms with Gasteiger partial charge in [0, 0.05) is 24.2 Å². The van der Waals surface area contributed by atoms with Crippen molar-refractivity contribution in [2.24, 2.45) is 4.99 Å². The highest BCUT2D eigenvalue weighted by atomic mass is 16.5. The first kappa shape index (κ1) is 31.2. The Morgan fingerprint density at radius 3 is 2.31 bits per heavy atom. The first-order valence-corrected chi connectivity index (χ1v) is 17.2. The Bertz CT molecular complexity index is 2150. The molecule has 6 nitrogen and oxygen atoms in total. The van der Waals surface area contributed by atoms with Crippen molar-refractivity contribution >= 4 is 23.1 Å². The first-order valence-electron chi connectivity index (χ1n) is 17.2. The molecule has 5 aromatic rings. The van der Waals surface area contributed by atoms with E-state index in [0.717, 1.165) is 57.6 Å². The number of para-hydroxylation sites is 2. The number of benzene rings is 4. The Balaban J connectivity index is 1.13. The summed E-state index contributed by atoms with van der Waals surface area (Å²) in [4.78, 5) is 12.1. The Morgan fingerprint density at radius 2 is 1.51 bits per heavy atom. The predicted molar refractivity (Wildman–Crippen MR) is 197 cm³/mol. The van der Waals surface area contributed by atoms with E-state index in [0.29, 0.717) is 11.6 Å². The number of aryl methyl sites for hydroxylation is 2.